The fraction of sp³-hybridized carbons (Fsp3) is 0.143. The van der Waals surface area contributed by atoms with Crippen molar-refractivity contribution in [2.45, 2.75) is 0 Å². The van der Waals surface area contributed by atoms with E-state index in [4.69, 9.17) is 10.5 Å². The van der Waals surface area contributed by atoms with Gasteiger partial charge in [0.05, 0.1) is 12.7 Å². The van der Waals surface area contributed by atoms with E-state index in [0.29, 0.717) is 10.5 Å². The maximum Gasteiger partial charge on any atom is 0.252 e. The van der Waals surface area contributed by atoms with Gasteiger partial charge in [-0.2, -0.15) is 0 Å². The number of methoxy groups -OCH3 is 1. The van der Waals surface area contributed by atoms with Crippen LogP contribution < -0.4 is 10.5 Å². The van der Waals surface area contributed by atoms with Crippen LogP contribution in [0.15, 0.2) is 10.7 Å². The Morgan fingerprint density at radius 3 is 2.92 bits per heavy atom. The highest BCUT2D eigenvalue weighted by Gasteiger charge is 2.08. The summed E-state index contributed by atoms with van der Waals surface area (Å²) in [5.41, 5.74) is 5.24. The minimum Gasteiger partial charge on any atom is -0.481 e. The number of pyridine rings is 1. The fourth-order valence-corrected chi connectivity index (χ4v) is 1.14. The van der Waals surface area contributed by atoms with Crippen LogP contribution in [-0.2, 0) is 0 Å². The van der Waals surface area contributed by atoms with Gasteiger partial charge in [0, 0.05) is 12.1 Å². The van der Waals surface area contributed by atoms with Crippen molar-refractivity contribution in [3.8, 4) is 5.88 Å². The van der Waals surface area contributed by atoms with E-state index < -0.39 is 5.91 Å². The molecule has 0 atom stereocenters. The number of rotatable bonds is 2. The van der Waals surface area contributed by atoms with Gasteiger partial charge in [-0.3, -0.25) is 4.79 Å². The zero-order chi connectivity index (χ0) is 9.14. The third-order valence-electron chi connectivity index (χ3n) is 1.21. The first-order chi connectivity index (χ1) is 5.65. The molecule has 0 aliphatic carbocycles. The Hall–Kier alpha value is -1.10. The molecule has 1 aromatic rings. The second-order valence-electron chi connectivity index (χ2n) is 1.97. The number of hydrogen-bond donors (Lipinski definition) is 1. The molecule has 0 bridgehead atoms. The molecule has 1 heterocycles. The molecule has 1 radical (unpaired) electrons. The number of hydrogen-bond acceptors (Lipinski definition) is 3. The summed E-state index contributed by atoms with van der Waals surface area (Å²) < 4.78 is 5.15. The Kier molecular flexibility index (Phi) is 2.65. The van der Waals surface area contributed by atoms with Gasteiger partial charge in [0.15, 0.2) is 0 Å². The van der Waals surface area contributed by atoms with Crippen molar-refractivity contribution in [1.29, 1.82) is 0 Å². The molecule has 5 heteroatoms. The highest BCUT2D eigenvalue weighted by molar-refractivity contribution is 9.10. The number of primary amides is 1. The number of halogens is 1. The lowest BCUT2D eigenvalue weighted by molar-refractivity contribution is 0.0999. The number of aromatic nitrogens is 1. The monoisotopic (exact) mass is 229 g/mol. The highest BCUT2D eigenvalue weighted by Crippen LogP contribution is 2.16. The molecule has 0 saturated heterocycles. The van der Waals surface area contributed by atoms with Crippen molar-refractivity contribution in [3.05, 3.63) is 22.3 Å². The number of nitrogens with zero attached hydrogens (tertiary/aromatic N) is 1. The predicted molar refractivity (Wildman–Crippen MR) is 45.8 cm³/mol. The molecule has 1 amide bonds. The second-order valence-corrected chi connectivity index (χ2v) is 2.72. The van der Waals surface area contributed by atoms with E-state index in [9.17, 15) is 4.79 Å². The van der Waals surface area contributed by atoms with Crippen LogP contribution in [0.3, 0.4) is 0 Å². The van der Waals surface area contributed by atoms with E-state index in [1.54, 1.807) is 0 Å². The fourth-order valence-electron chi connectivity index (χ4n) is 0.656. The molecule has 0 aromatic carbocycles. The Bertz CT molecular complexity index is 314. The number of amides is 1. The van der Waals surface area contributed by atoms with E-state index in [0.717, 1.165) is 0 Å². The molecule has 0 unspecified atom stereocenters. The molecule has 0 spiro atoms. The smallest absolute Gasteiger partial charge is 0.252 e. The van der Waals surface area contributed by atoms with Crippen LogP contribution in [0.5, 0.6) is 5.88 Å². The summed E-state index contributed by atoms with van der Waals surface area (Å²) >= 11 is 3.07. The quantitative estimate of drug-likeness (QED) is 0.762. The number of carbonyl (C=O) groups excluding carboxylic acids is 1. The molecule has 0 saturated carbocycles. The average molecular weight is 230 g/mol. The Balaban J connectivity index is 3.12. The molecule has 12 heavy (non-hydrogen) atoms. The maximum atomic E-state index is 10.7. The summed E-state index contributed by atoms with van der Waals surface area (Å²) in [5.74, 6) is -0.191. The third kappa shape index (κ3) is 1.73. The summed E-state index contributed by atoms with van der Waals surface area (Å²) in [6.45, 7) is 0. The van der Waals surface area contributed by atoms with Crippen molar-refractivity contribution in [2.75, 3.05) is 7.11 Å². The molecule has 2 N–H and O–H groups in total. The van der Waals surface area contributed by atoms with Crippen LogP contribution in [0, 0.1) is 6.07 Å². The van der Waals surface area contributed by atoms with E-state index in [1.807, 2.05) is 0 Å². The Morgan fingerprint density at radius 2 is 2.50 bits per heavy atom. The Morgan fingerprint density at radius 1 is 1.83 bits per heavy atom. The predicted octanol–water partition coefficient (Wildman–Crippen LogP) is 0.752. The first-order valence-electron chi connectivity index (χ1n) is 3.07. The van der Waals surface area contributed by atoms with Gasteiger partial charge in [0.25, 0.3) is 5.91 Å². The lowest BCUT2D eigenvalue weighted by Gasteiger charge is -2.00. The highest BCUT2D eigenvalue weighted by atomic mass is 79.9. The summed E-state index contributed by atoms with van der Waals surface area (Å²) in [7, 11) is 1.48. The van der Waals surface area contributed by atoms with Gasteiger partial charge < -0.3 is 10.5 Å². The van der Waals surface area contributed by atoms with E-state index >= 15 is 0 Å². The van der Waals surface area contributed by atoms with Crippen molar-refractivity contribution in [3.63, 3.8) is 0 Å². The molecular weight excluding hydrogens is 224 g/mol. The number of nitrogens with two attached hydrogens (primary N) is 1. The van der Waals surface area contributed by atoms with Crippen molar-refractivity contribution in [1.82, 2.24) is 4.98 Å². The molecule has 0 aliphatic rings. The molecule has 1 aromatic heterocycles. The zero-order valence-electron chi connectivity index (χ0n) is 6.30. The van der Waals surface area contributed by atoms with Gasteiger partial charge in [-0.15, -0.1) is 0 Å². The topological polar surface area (TPSA) is 65.2 Å². The first kappa shape index (κ1) is 8.99. The standard InChI is InChI=1S/C7H6BrN2O2/c1-12-5-3-2-4(7(9)11)6(8)10-5/h3H,1H3,(H2,9,11). The molecule has 1 rings (SSSR count). The van der Waals surface area contributed by atoms with Crippen molar-refractivity contribution < 1.29 is 9.53 Å². The first-order valence-corrected chi connectivity index (χ1v) is 3.86. The number of carbonyl (C=O) groups is 1. The molecular formula is C7H6BrN2O2. The largest absolute Gasteiger partial charge is 0.481 e. The maximum absolute atomic E-state index is 10.7. The molecule has 0 aliphatic heterocycles. The van der Waals surface area contributed by atoms with Gasteiger partial charge in [-0.1, -0.05) is 0 Å². The summed E-state index contributed by atoms with van der Waals surface area (Å²) in [6.07, 6.45) is 0. The van der Waals surface area contributed by atoms with E-state index in [1.165, 1.54) is 13.2 Å². The second kappa shape index (κ2) is 3.53. The molecule has 63 valence electrons. The van der Waals surface area contributed by atoms with Crippen LogP contribution >= 0.6 is 15.9 Å². The van der Waals surface area contributed by atoms with Gasteiger partial charge in [0.2, 0.25) is 5.88 Å². The van der Waals surface area contributed by atoms with Crippen LogP contribution in [-0.4, -0.2) is 18.0 Å². The SMILES string of the molecule is COc1c[c]c(C(N)=O)c(Br)n1. The van der Waals surface area contributed by atoms with Crippen molar-refractivity contribution >= 4 is 21.8 Å². The van der Waals surface area contributed by atoms with E-state index in [2.05, 4.69) is 27.0 Å². The van der Waals surface area contributed by atoms with E-state index in [-0.39, 0.29) is 5.56 Å². The minimum atomic E-state index is -0.572. The molecule has 0 fully saturated rings. The van der Waals surface area contributed by atoms with Crippen LogP contribution in [0.1, 0.15) is 10.4 Å². The van der Waals surface area contributed by atoms with Gasteiger partial charge in [-0.05, 0) is 15.9 Å². The minimum absolute atomic E-state index is 0.218. The normalized spacial score (nSPS) is 9.50. The Labute approximate surface area is 77.9 Å². The lowest BCUT2D eigenvalue weighted by atomic mass is 10.3. The zero-order valence-corrected chi connectivity index (χ0v) is 7.88. The molecule has 4 nitrogen and oxygen atoms in total. The van der Waals surface area contributed by atoms with Gasteiger partial charge >= 0.3 is 0 Å². The summed E-state index contributed by atoms with van der Waals surface area (Å²) in [5, 5.41) is 0. The van der Waals surface area contributed by atoms with Gasteiger partial charge in [-0.25, -0.2) is 4.98 Å². The van der Waals surface area contributed by atoms with Crippen LogP contribution in [0.25, 0.3) is 0 Å². The van der Waals surface area contributed by atoms with Gasteiger partial charge in [0.1, 0.15) is 4.60 Å². The average Bonchev–Trinajstić information content (AvgIpc) is 2.03. The third-order valence-corrected chi connectivity index (χ3v) is 1.78. The summed E-state index contributed by atoms with van der Waals surface area (Å²) in [4.78, 5) is 14.6. The van der Waals surface area contributed by atoms with Crippen LogP contribution in [0.2, 0.25) is 0 Å². The summed E-state index contributed by atoms with van der Waals surface area (Å²) in [6, 6.07) is 4.10. The lowest BCUT2D eigenvalue weighted by Crippen LogP contribution is -2.12. The van der Waals surface area contributed by atoms with Crippen molar-refractivity contribution in [2.24, 2.45) is 5.73 Å². The van der Waals surface area contributed by atoms with Crippen LogP contribution in [0.4, 0.5) is 0 Å². The number of ether oxygens (including phenoxy) is 1.